The smallest absolute Gasteiger partial charge is 0.323 e. The van der Waals surface area contributed by atoms with Gasteiger partial charge in [0, 0.05) is 19.1 Å². The molecule has 0 saturated carbocycles. The molecule has 0 rings (SSSR count). The Morgan fingerprint density at radius 3 is 2.05 bits per heavy atom. The maximum atomic E-state index is 12.3. The Balaban J connectivity index is 4.71. The minimum absolute atomic E-state index is 0.0995. The Kier molecular flexibility index (Phi) is 7.18. The van der Waals surface area contributed by atoms with Crippen LogP contribution in [-0.4, -0.2) is 65.0 Å². The van der Waals surface area contributed by atoms with Crippen LogP contribution in [0.3, 0.4) is 0 Å². The number of carboxylic acids is 1. The fourth-order valence-corrected chi connectivity index (χ4v) is 1.59. The molecular weight excluding hydrogens is 274 g/mol. The maximum Gasteiger partial charge on any atom is 0.323 e. The highest BCUT2D eigenvalue weighted by molar-refractivity contribution is 5.85. The number of urea groups is 1. The lowest BCUT2D eigenvalue weighted by Gasteiger charge is -2.37. The van der Waals surface area contributed by atoms with Crippen molar-refractivity contribution in [2.75, 3.05) is 26.7 Å². The molecule has 0 radical (unpaired) electrons. The van der Waals surface area contributed by atoms with E-state index in [1.54, 1.807) is 20.8 Å². The molecule has 0 aromatic carbocycles. The molecule has 0 aliphatic carbocycles. The van der Waals surface area contributed by atoms with Crippen LogP contribution in [0.4, 0.5) is 4.79 Å². The third-order valence-electron chi connectivity index (χ3n) is 2.75. The first-order valence-electron chi connectivity index (χ1n) is 6.96. The van der Waals surface area contributed by atoms with Crippen molar-refractivity contribution in [3.8, 4) is 0 Å². The summed E-state index contributed by atoms with van der Waals surface area (Å²) in [6, 6.07) is -0.482. The van der Waals surface area contributed by atoms with Crippen LogP contribution in [-0.2, 0) is 9.59 Å². The van der Waals surface area contributed by atoms with E-state index in [9.17, 15) is 14.4 Å². The fourth-order valence-electron chi connectivity index (χ4n) is 1.59. The Morgan fingerprint density at radius 1 is 1.14 bits per heavy atom. The number of carbonyl (C=O) groups is 3. The molecule has 0 aromatic heterocycles. The number of amides is 3. The number of likely N-dealkylation sites (N-methyl/N-ethyl adjacent to an activating group) is 1. The summed E-state index contributed by atoms with van der Waals surface area (Å²) in [5, 5.41) is 11.6. The van der Waals surface area contributed by atoms with Gasteiger partial charge in [-0.1, -0.05) is 13.8 Å². The third-order valence-corrected chi connectivity index (χ3v) is 2.75. The molecule has 21 heavy (non-hydrogen) atoms. The van der Waals surface area contributed by atoms with Gasteiger partial charge in [-0.05, 0) is 26.7 Å². The normalized spacial score (nSPS) is 11.2. The molecule has 7 heteroatoms. The van der Waals surface area contributed by atoms with Crippen LogP contribution in [0.15, 0.2) is 0 Å². The van der Waals surface area contributed by atoms with E-state index in [0.717, 1.165) is 0 Å². The first-order chi connectivity index (χ1) is 9.45. The minimum Gasteiger partial charge on any atom is -0.480 e. The van der Waals surface area contributed by atoms with Crippen LogP contribution >= 0.6 is 0 Å². The highest BCUT2D eigenvalue weighted by Crippen LogP contribution is 2.15. The highest BCUT2D eigenvalue weighted by atomic mass is 16.4. The van der Waals surface area contributed by atoms with Crippen LogP contribution < -0.4 is 5.32 Å². The van der Waals surface area contributed by atoms with Gasteiger partial charge in [0.2, 0.25) is 5.91 Å². The van der Waals surface area contributed by atoms with Crippen molar-refractivity contribution in [1.82, 2.24) is 15.1 Å². The van der Waals surface area contributed by atoms with E-state index in [4.69, 9.17) is 5.11 Å². The van der Waals surface area contributed by atoms with Gasteiger partial charge in [0.25, 0.3) is 0 Å². The number of hydrogen-bond donors (Lipinski definition) is 2. The fraction of sp³-hybridized carbons (Fsp3) is 0.786. The molecule has 0 aliphatic rings. The molecular formula is C14H27N3O4. The first-order valence-corrected chi connectivity index (χ1v) is 6.96. The summed E-state index contributed by atoms with van der Waals surface area (Å²) in [4.78, 5) is 37.4. The summed E-state index contributed by atoms with van der Waals surface area (Å²) >= 11 is 0. The number of carboxylic acid groups (broad SMARTS) is 1. The van der Waals surface area contributed by atoms with Gasteiger partial charge >= 0.3 is 12.0 Å². The Labute approximate surface area is 126 Å². The van der Waals surface area contributed by atoms with E-state index in [-0.39, 0.29) is 12.5 Å². The van der Waals surface area contributed by atoms with Crippen molar-refractivity contribution in [1.29, 1.82) is 0 Å². The third kappa shape index (κ3) is 7.53. The minimum atomic E-state index is -1.09. The molecule has 0 spiro atoms. The van der Waals surface area contributed by atoms with Crippen LogP contribution in [0.1, 0.15) is 34.6 Å². The number of carbonyl (C=O) groups excluding carboxylic acids is 2. The molecule has 7 nitrogen and oxygen atoms in total. The van der Waals surface area contributed by atoms with Gasteiger partial charge in [0.15, 0.2) is 0 Å². The second kappa shape index (κ2) is 7.85. The maximum absolute atomic E-state index is 12.3. The van der Waals surface area contributed by atoms with Crippen molar-refractivity contribution in [2.24, 2.45) is 5.92 Å². The predicted octanol–water partition coefficient (Wildman–Crippen LogP) is 0.996. The van der Waals surface area contributed by atoms with Crippen molar-refractivity contribution >= 4 is 17.9 Å². The Morgan fingerprint density at radius 2 is 1.67 bits per heavy atom. The van der Waals surface area contributed by atoms with E-state index >= 15 is 0 Å². The average Bonchev–Trinajstić information content (AvgIpc) is 2.31. The van der Waals surface area contributed by atoms with Gasteiger partial charge in [0.1, 0.15) is 13.1 Å². The molecule has 3 amide bonds. The van der Waals surface area contributed by atoms with Crippen LogP contribution in [0.5, 0.6) is 0 Å². The van der Waals surface area contributed by atoms with Gasteiger partial charge in [-0.25, -0.2) is 4.79 Å². The largest absolute Gasteiger partial charge is 0.480 e. The molecule has 0 bridgehead atoms. The van der Waals surface area contributed by atoms with Crippen molar-refractivity contribution < 1.29 is 19.5 Å². The summed E-state index contributed by atoms with van der Waals surface area (Å²) in [7, 11) is 1.48. The van der Waals surface area contributed by atoms with Gasteiger partial charge in [-0.2, -0.15) is 0 Å². The summed E-state index contributed by atoms with van der Waals surface area (Å²) in [6.45, 7) is 9.24. The molecule has 2 N–H and O–H groups in total. The zero-order valence-electron chi connectivity index (χ0n) is 13.8. The van der Waals surface area contributed by atoms with Crippen molar-refractivity contribution in [3.05, 3.63) is 0 Å². The molecule has 0 atom stereocenters. The van der Waals surface area contributed by atoms with Gasteiger partial charge in [0.05, 0.1) is 0 Å². The standard InChI is InChI=1S/C14H27N3O4/c1-10(2)7-15-11(18)8-16(6)13(21)17(9-12(19)20)14(3,4)5/h10H,7-9H2,1-6H3,(H,15,18)(H,19,20). The molecule has 0 aromatic rings. The number of aliphatic carboxylic acids is 1. The predicted molar refractivity (Wildman–Crippen MR) is 80.0 cm³/mol. The summed E-state index contributed by atoms with van der Waals surface area (Å²) in [5.74, 6) is -1.02. The van der Waals surface area contributed by atoms with Crippen molar-refractivity contribution in [3.63, 3.8) is 0 Å². The number of nitrogens with zero attached hydrogens (tertiary/aromatic N) is 2. The quantitative estimate of drug-likeness (QED) is 0.765. The molecule has 0 unspecified atom stereocenters. The molecule has 0 heterocycles. The molecule has 0 fully saturated rings. The van der Waals surface area contributed by atoms with Crippen LogP contribution in [0, 0.1) is 5.92 Å². The van der Waals surface area contributed by atoms with Gasteiger partial charge < -0.3 is 20.2 Å². The second-order valence-corrected chi connectivity index (χ2v) is 6.49. The lowest BCUT2D eigenvalue weighted by atomic mass is 10.1. The van der Waals surface area contributed by atoms with E-state index < -0.39 is 24.1 Å². The summed E-state index contributed by atoms with van der Waals surface area (Å²) < 4.78 is 0. The molecule has 122 valence electrons. The highest BCUT2D eigenvalue weighted by Gasteiger charge is 2.31. The van der Waals surface area contributed by atoms with Crippen LogP contribution in [0.25, 0.3) is 0 Å². The van der Waals surface area contributed by atoms with E-state index in [0.29, 0.717) is 12.5 Å². The first kappa shape index (κ1) is 19.2. The van der Waals surface area contributed by atoms with Crippen molar-refractivity contribution in [2.45, 2.75) is 40.2 Å². The van der Waals surface area contributed by atoms with E-state index in [1.807, 2.05) is 13.8 Å². The second-order valence-electron chi connectivity index (χ2n) is 6.49. The van der Waals surface area contributed by atoms with Crippen LogP contribution in [0.2, 0.25) is 0 Å². The monoisotopic (exact) mass is 301 g/mol. The summed E-state index contributed by atoms with van der Waals surface area (Å²) in [6.07, 6.45) is 0. The van der Waals surface area contributed by atoms with Gasteiger partial charge in [-0.3, -0.25) is 9.59 Å². The Hall–Kier alpha value is -1.79. The zero-order valence-corrected chi connectivity index (χ0v) is 13.8. The van der Waals surface area contributed by atoms with E-state index in [1.165, 1.54) is 16.8 Å². The Bertz CT molecular complexity index is 388. The number of hydrogen-bond acceptors (Lipinski definition) is 3. The van der Waals surface area contributed by atoms with Gasteiger partial charge in [-0.15, -0.1) is 0 Å². The topological polar surface area (TPSA) is 90.0 Å². The lowest BCUT2D eigenvalue weighted by molar-refractivity contribution is -0.138. The lowest BCUT2D eigenvalue weighted by Crippen LogP contribution is -2.54. The SMILES string of the molecule is CC(C)CNC(=O)CN(C)C(=O)N(CC(=O)O)C(C)(C)C. The zero-order chi connectivity index (χ0) is 16.8. The summed E-state index contributed by atoms with van der Waals surface area (Å²) in [5.41, 5.74) is -0.641. The average molecular weight is 301 g/mol. The molecule has 0 aliphatic heterocycles. The molecule has 0 saturated heterocycles. The van der Waals surface area contributed by atoms with E-state index in [2.05, 4.69) is 5.32 Å². The number of nitrogens with one attached hydrogen (secondary N) is 1. The number of rotatable bonds is 6.